The van der Waals surface area contributed by atoms with Gasteiger partial charge in [-0.1, -0.05) is 17.7 Å². The van der Waals surface area contributed by atoms with Gasteiger partial charge >= 0.3 is 0 Å². The van der Waals surface area contributed by atoms with Crippen molar-refractivity contribution in [3.05, 3.63) is 77.3 Å². The number of carbonyl (C=O) groups excluding carboxylic acids is 1. The molecule has 132 valence electrons. The van der Waals surface area contributed by atoms with Gasteiger partial charge in [-0.25, -0.2) is 9.37 Å². The maximum absolute atomic E-state index is 13.2. The van der Waals surface area contributed by atoms with Gasteiger partial charge in [0.25, 0.3) is 5.91 Å². The summed E-state index contributed by atoms with van der Waals surface area (Å²) in [5.74, 6) is -0.226. The van der Waals surface area contributed by atoms with Gasteiger partial charge in [0.05, 0.1) is 24.7 Å². The predicted octanol–water partition coefficient (Wildman–Crippen LogP) is 4.88. The topological polar surface area (TPSA) is 63.2 Å². The minimum atomic E-state index is -0.428. The summed E-state index contributed by atoms with van der Waals surface area (Å²) < 4.78 is 18.4. The molecule has 0 unspecified atom stereocenters. The van der Waals surface area contributed by atoms with Crippen molar-refractivity contribution in [3.63, 3.8) is 0 Å². The minimum Gasteiger partial charge on any atom is -0.495 e. The van der Waals surface area contributed by atoms with Crippen LogP contribution >= 0.6 is 11.6 Å². The third-order valence-electron chi connectivity index (χ3n) is 3.52. The molecule has 0 aliphatic heterocycles. The number of hydrogen-bond acceptors (Lipinski definition) is 4. The van der Waals surface area contributed by atoms with Crippen LogP contribution in [0.5, 0.6) is 5.75 Å². The molecule has 0 radical (unpaired) electrons. The van der Waals surface area contributed by atoms with E-state index in [1.807, 2.05) is 0 Å². The molecule has 0 saturated carbocycles. The molecule has 0 bridgehead atoms. The van der Waals surface area contributed by atoms with Crippen molar-refractivity contribution in [3.8, 4) is 5.75 Å². The third-order valence-corrected chi connectivity index (χ3v) is 3.75. The number of aromatic nitrogens is 1. The molecule has 0 spiro atoms. The molecule has 0 aliphatic carbocycles. The number of pyridine rings is 1. The zero-order valence-corrected chi connectivity index (χ0v) is 14.5. The van der Waals surface area contributed by atoms with E-state index in [4.69, 9.17) is 16.3 Å². The SMILES string of the molecule is COc1ccc(Cl)cc1Nc1ccc(C(=O)Nc2cccc(F)c2)nc1. The maximum Gasteiger partial charge on any atom is 0.274 e. The summed E-state index contributed by atoms with van der Waals surface area (Å²) in [5.41, 5.74) is 1.91. The molecular formula is C19H15ClFN3O2. The fourth-order valence-corrected chi connectivity index (χ4v) is 2.47. The fraction of sp³-hybridized carbons (Fsp3) is 0.0526. The largest absolute Gasteiger partial charge is 0.495 e. The van der Waals surface area contributed by atoms with E-state index in [2.05, 4.69) is 15.6 Å². The Hall–Kier alpha value is -3.12. The van der Waals surface area contributed by atoms with Crippen LogP contribution in [0.1, 0.15) is 10.5 Å². The summed E-state index contributed by atoms with van der Waals surface area (Å²) in [6.07, 6.45) is 1.51. The molecule has 1 aromatic heterocycles. The highest BCUT2D eigenvalue weighted by Gasteiger charge is 2.09. The van der Waals surface area contributed by atoms with Gasteiger partial charge in [0.2, 0.25) is 0 Å². The Labute approximate surface area is 154 Å². The van der Waals surface area contributed by atoms with Crippen LogP contribution in [-0.4, -0.2) is 18.0 Å². The van der Waals surface area contributed by atoms with Crippen LogP contribution in [0.15, 0.2) is 60.8 Å². The number of halogens is 2. The molecule has 26 heavy (non-hydrogen) atoms. The maximum atomic E-state index is 13.2. The molecule has 1 heterocycles. The van der Waals surface area contributed by atoms with Crippen LogP contribution in [0.25, 0.3) is 0 Å². The van der Waals surface area contributed by atoms with Gasteiger partial charge in [0, 0.05) is 10.7 Å². The lowest BCUT2D eigenvalue weighted by Crippen LogP contribution is -2.13. The minimum absolute atomic E-state index is 0.206. The molecule has 7 heteroatoms. The standard InChI is InChI=1S/C19H15ClFN3O2/c1-26-18-8-5-12(20)9-17(18)23-15-6-7-16(22-11-15)19(25)24-14-4-2-3-13(21)10-14/h2-11,23H,1H3,(H,24,25). The first-order valence-electron chi connectivity index (χ1n) is 7.69. The van der Waals surface area contributed by atoms with E-state index in [1.165, 1.54) is 24.4 Å². The summed E-state index contributed by atoms with van der Waals surface area (Å²) in [4.78, 5) is 16.3. The van der Waals surface area contributed by atoms with Crippen molar-refractivity contribution in [2.45, 2.75) is 0 Å². The average molecular weight is 372 g/mol. The van der Waals surface area contributed by atoms with Gasteiger partial charge in [-0.2, -0.15) is 0 Å². The first-order valence-corrected chi connectivity index (χ1v) is 8.06. The number of anilines is 3. The summed E-state index contributed by atoms with van der Waals surface area (Å²) in [6.45, 7) is 0. The van der Waals surface area contributed by atoms with Crippen molar-refractivity contribution in [1.82, 2.24) is 4.98 Å². The number of carbonyl (C=O) groups is 1. The van der Waals surface area contributed by atoms with E-state index in [0.29, 0.717) is 27.8 Å². The van der Waals surface area contributed by atoms with E-state index in [1.54, 1.807) is 43.5 Å². The molecule has 2 N–H and O–H groups in total. The number of nitrogens with zero attached hydrogens (tertiary/aromatic N) is 1. The van der Waals surface area contributed by atoms with E-state index < -0.39 is 11.7 Å². The Bertz CT molecular complexity index is 932. The Morgan fingerprint density at radius 2 is 1.96 bits per heavy atom. The molecule has 0 saturated heterocycles. The van der Waals surface area contributed by atoms with Gasteiger partial charge in [0.1, 0.15) is 17.3 Å². The molecule has 1 amide bonds. The van der Waals surface area contributed by atoms with Gasteiger partial charge in [-0.15, -0.1) is 0 Å². The second-order valence-electron chi connectivity index (χ2n) is 5.37. The quantitative estimate of drug-likeness (QED) is 0.671. The Balaban J connectivity index is 1.72. The van der Waals surface area contributed by atoms with E-state index in [-0.39, 0.29) is 5.69 Å². The van der Waals surface area contributed by atoms with Crippen molar-refractivity contribution in [2.75, 3.05) is 17.7 Å². The molecular weight excluding hydrogens is 357 g/mol. The van der Waals surface area contributed by atoms with E-state index in [0.717, 1.165) is 0 Å². The molecule has 0 aliphatic rings. The molecule has 3 rings (SSSR count). The predicted molar refractivity (Wildman–Crippen MR) is 99.9 cm³/mol. The average Bonchev–Trinajstić information content (AvgIpc) is 2.62. The zero-order chi connectivity index (χ0) is 18.5. The number of methoxy groups -OCH3 is 1. The normalized spacial score (nSPS) is 10.3. The second-order valence-corrected chi connectivity index (χ2v) is 5.80. The lowest BCUT2D eigenvalue weighted by molar-refractivity contribution is 0.102. The number of ether oxygens (including phenoxy) is 1. The molecule has 2 aromatic carbocycles. The lowest BCUT2D eigenvalue weighted by atomic mass is 10.2. The summed E-state index contributed by atoms with van der Waals surface area (Å²) in [5, 5.41) is 6.29. The fourth-order valence-electron chi connectivity index (χ4n) is 2.30. The summed E-state index contributed by atoms with van der Waals surface area (Å²) in [6, 6.07) is 14.1. The molecule has 3 aromatic rings. The van der Waals surface area contributed by atoms with Gasteiger partial charge in [0.15, 0.2) is 0 Å². The summed E-state index contributed by atoms with van der Waals surface area (Å²) in [7, 11) is 1.56. The lowest BCUT2D eigenvalue weighted by Gasteiger charge is -2.11. The van der Waals surface area contributed by atoms with Crippen LogP contribution in [-0.2, 0) is 0 Å². The molecule has 0 atom stereocenters. The van der Waals surface area contributed by atoms with Gasteiger partial charge in [-0.05, 0) is 48.5 Å². The van der Waals surface area contributed by atoms with Gasteiger partial charge in [-0.3, -0.25) is 4.79 Å². The van der Waals surface area contributed by atoms with Crippen molar-refractivity contribution in [2.24, 2.45) is 0 Å². The smallest absolute Gasteiger partial charge is 0.274 e. The first kappa shape index (κ1) is 17.7. The highest BCUT2D eigenvalue weighted by atomic mass is 35.5. The van der Waals surface area contributed by atoms with Crippen molar-refractivity contribution < 1.29 is 13.9 Å². The number of rotatable bonds is 5. The van der Waals surface area contributed by atoms with Crippen LogP contribution < -0.4 is 15.4 Å². The first-order chi connectivity index (χ1) is 12.5. The number of nitrogens with one attached hydrogen (secondary N) is 2. The summed E-state index contributed by atoms with van der Waals surface area (Å²) >= 11 is 6.00. The van der Waals surface area contributed by atoms with Crippen LogP contribution in [0.3, 0.4) is 0 Å². The van der Waals surface area contributed by atoms with E-state index in [9.17, 15) is 9.18 Å². The van der Waals surface area contributed by atoms with Crippen LogP contribution in [0.2, 0.25) is 5.02 Å². The van der Waals surface area contributed by atoms with E-state index >= 15 is 0 Å². The Kier molecular flexibility index (Phi) is 5.34. The number of benzene rings is 2. The monoisotopic (exact) mass is 371 g/mol. The van der Waals surface area contributed by atoms with Crippen molar-refractivity contribution in [1.29, 1.82) is 0 Å². The highest BCUT2D eigenvalue weighted by molar-refractivity contribution is 6.31. The Morgan fingerprint density at radius 1 is 1.12 bits per heavy atom. The zero-order valence-electron chi connectivity index (χ0n) is 13.8. The molecule has 5 nitrogen and oxygen atoms in total. The van der Waals surface area contributed by atoms with Crippen LogP contribution in [0.4, 0.5) is 21.5 Å². The number of amides is 1. The van der Waals surface area contributed by atoms with Crippen LogP contribution in [0, 0.1) is 5.82 Å². The molecule has 0 fully saturated rings. The van der Waals surface area contributed by atoms with Crippen molar-refractivity contribution >= 4 is 34.6 Å². The third kappa shape index (κ3) is 4.29. The highest BCUT2D eigenvalue weighted by Crippen LogP contribution is 2.30. The second kappa shape index (κ2) is 7.84. The van der Waals surface area contributed by atoms with Gasteiger partial charge < -0.3 is 15.4 Å². The Morgan fingerprint density at radius 3 is 2.65 bits per heavy atom. The number of hydrogen-bond donors (Lipinski definition) is 2.